The molecule has 0 atom stereocenters. The molecule has 0 radical (unpaired) electrons. The standard InChI is InChI=1S/C12H16.C8H10/c1-3-7-11(8-4-1)12-9-5-2-6-10-12;1-2-8-6-4-3-5-7-8/h1,3-4,7-8,12H,2,5-6,9-10H2;3-7H,2H2,1H3. The summed E-state index contributed by atoms with van der Waals surface area (Å²) in [5, 5.41) is 0. The zero-order valence-corrected chi connectivity index (χ0v) is 12.6. The van der Waals surface area contributed by atoms with Gasteiger partial charge in [-0.2, -0.15) is 0 Å². The Balaban J connectivity index is 0.000000160. The van der Waals surface area contributed by atoms with Crippen LogP contribution in [0.25, 0.3) is 0 Å². The first-order valence-corrected chi connectivity index (χ1v) is 7.99. The number of aryl methyl sites for hydroxylation is 1. The highest BCUT2D eigenvalue weighted by molar-refractivity contribution is 5.19. The lowest BCUT2D eigenvalue weighted by Gasteiger charge is -2.21. The molecule has 2 aromatic carbocycles. The van der Waals surface area contributed by atoms with Crippen molar-refractivity contribution in [3.05, 3.63) is 71.8 Å². The molecule has 0 bridgehead atoms. The number of benzene rings is 2. The molecule has 0 aliphatic heterocycles. The molecule has 0 nitrogen and oxygen atoms in total. The van der Waals surface area contributed by atoms with Crippen molar-refractivity contribution in [1.29, 1.82) is 0 Å². The molecule has 0 spiro atoms. The van der Waals surface area contributed by atoms with Gasteiger partial charge in [-0.05, 0) is 36.3 Å². The predicted molar refractivity (Wildman–Crippen MR) is 88.1 cm³/mol. The topological polar surface area (TPSA) is 0 Å². The summed E-state index contributed by atoms with van der Waals surface area (Å²) < 4.78 is 0. The van der Waals surface area contributed by atoms with E-state index < -0.39 is 0 Å². The molecule has 1 aliphatic rings. The van der Waals surface area contributed by atoms with E-state index >= 15 is 0 Å². The minimum Gasteiger partial charge on any atom is -0.0622 e. The van der Waals surface area contributed by atoms with Gasteiger partial charge in [-0.3, -0.25) is 0 Å². The minimum absolute atomic E-state index is 0.861. The van der Waals surface area contributed by atoms with Gasteiger partial charge in [-0.1, -0.05) is 86.8 Å². The van der Waals surface area contributed by atoms with Crippen molar-refractivity contribution in [2.24, 2.45) is 0 Å². The van der Waals surface area contributed by atoms with Crippen molar-refractivity contribution in [2.75, 3.05) is 0 Å². The summed E-state index contributed by atoms with van der Waals surface area (Å²) in [5.41, 5.74) is 2.96. The van der Waals surface area contributed by atoms with Gasteiger partial charge < -0.3 is 0 Å². The minimum atomic E-state index is 0.861. The molecule has 106 valence electrons. The molecule has 0 heterocycles. The Morgan fingerprint density at radius 2 is 1.30 bits per heavy atom. The van der Waals surface area contributed by atoms with Crippen molar-refractivity contribution < 1.29 is 0 Å². The van der Waals surface area contributed by atoms with Gasteiger partial charge in [0.2, 0.25) is 0 Å². The maximum atomic E-state index is 2.27. The highest BCUT2D eigenvalue weighted by atomic mass is 14.2. The summed E-state index contributed by atoms with van der Waals surface area (Å²) in [6.07, 6.45) is 8.26. The first-order valence-electron chi connectivity index (χ1n) is 7.99. The molecule has 0 N–H and O–H groups in total. The van der Waals surface area contributed by atoms with E-state index in [9.17, 15) is 0 Å². The van der Waals surface area contributed by atoms with Crippen LogP contribution >= 0.6 is 0 Å². The maximum absolute atomic E-state index is 2.27. The summed E-state index contributed by atoms with van der Waals surface area (Å²) in [6.45, 7) is 2.16. The van der Waals surface area contributed by atoms with Crippen molar-refractivity contribution in [1.82, 2.24) is 0 Å². The van der Waals surface area contributed by atoms with Crippen LogP contribution in [0.15, 0.2) is 60.7 Å². The van der Waals surface area contributed by atoms with Gasteiger partial charge in [0, 0.05) is 0 Å². The summed E-state index contributed by atoms with van der Waals surface area (Å²) in [5.74, 6) is 0.861. The second-order valence-electron chi connectivity index (χ2n) is 5.58. The highest BCUT2D eigenvalue weighted by Crippen LogP contribution is 2.32. The summed E-state index contributed by atoms with van der Waals surface area (Å²) in [7, 11) is 0. The molecule has 20 heavy (non-hydrogen) atoms. The Bertz CT molecular complexity index is 452. The fourth-order valence-electron chi connectivity index (χ4n) is 2.87. The van der Waals surface area contributed by atoms with Crippen molar-refractivity contribution in [3.63, 3.8) is 0 Å². The molecule has 1 aliphatic carbocycles. The van der Waals surface area contributed by atoms with Crippen LogP contribution in [-0.2, 0) is 6.42 Å². The molecule has 0 heteroatoms. The van der Waals surface area contributed by atoms with E-state index in [1.165, 1.54) is 37.7 Å². The van der Waals surface area contributed by atoms with E-state index in [0.717, 1.165) is 12.3 Å². The summed E-state index contributed by atoms with van der Waals surface area (Å²) in [4.78, 5) is 0. The largest absolute Gasteiger partial charge is 0.0622 e. The van der Waals surface area contributed by atoms with Crippen molar-refractivity contribution in [3.8, 4) is 0 Å². The molecule has 1 fully saturated rings. The van der Waals surface area contributed by atoms with Gasteiger partial charge in [-0.15, -0.1) is 0 Å². The van der Waals surface area contributed by atoms with Crippen LogP contribution in [0.2, 0.25) is 0 Å². The zero-order valence-electron chi connectivity index (χ0n) is 12.6. The monoisotopic (exact) mass is 266 g/mol. The lowest BCUT2D eigenvalue weighted by Crippen LogP contribution is -2.03. The quantitative estimate of drug-likeness (QED) is 0.627. The normalized spacial score (nSPS) is 15.2. The fourth-order valence-corrected chi connectivity index (χ4v) is 2.87. The average molecular weight is 266 g/mol. The average Bonchev–Trinajstić information content (AvgIpc) is 2.58. The predicted octanol–water partition coefficient (Wildman–Crippen LogP) is 5.98. The van der Waals surface area contributed by atoms with Crippen LogP contribution < -0.4 is 0 Å². The Kier molecular flexibility index (Phi) is 6.37. The first kappa shape index (κ1) is 14.8. The van der Waals surface area contributed by atoms with E-state index in [4.69, 9.17) is 0 Å². The van der Waals surface area contributed by atoms with Crippen molar-refractivity contribution in [2.45, 2.75) is 51.4 Å². The van der Waals surface area contributed by atoms with Crippen LogP contribution in [0.5, 0.6) is 0 Å². The molecule has 2 aromatic rings. The molecule has 0 aromatic heterocycles. The van der Waals surface area contributed by atoms with Gasteiger partial charge in [0.05, 0.1) is 0 Å². The van der Waals surface area contributed by atoms with Crippen LogP contribution in [0.3, 0.4) is 0 Å². The van der Waals surface area contributed by atoms with Crippen LogP contribution in [0.1, 0.15) is 56.1 Å². The van der Waals surface area contributed by atoms with Crippen LogP contribution in [0.4, 0.5) is 0 Å². The smallest absolute Gasteiger partial charge is 0.0162 e. The zero-order chi connectivity index (χ0) is 14.0. The SMILES string of the molecule is CCc1ccccc1.c1ccc(C2CCCCC2)cc1. The van der Waals surface area contributed by atoms with Gasteiger partial charge in [-0.25, -0.2) is 0 Å². The van der Waals surface area contributed by atoms with E-state index in [1.807, 2.05) is 6.07 Å². The van der Waals surface area contributed by atoms with Crippen LogP contribution in [-0.4, -0.2) is 0 Å². The summed E-state index contributed by atoms with van der Waals surface area (Å²) in [6, 6.07) is 21.4. The Hall–Kier alpha value is -1.56. The molecular formula is C20H26. The number of hydrogen-bond donors (Lipinski definition) is 0. The maximum Gasteiger partial charge on any atom is -0.0162 e. The van der Waals surface area contributed by atoms with E-state index in [2.05, 4.69) is 61.5 Å². The highest BCUT2D eigenvalue weighted by Gasteiger charge is 2.14. The van der Waals surface area contributed by atoms with E-state index in [1.54, 1.807) is 5.56 Å². The fraction of sp³-hybridized carbons (Fsp3) is 0.400. The first-order chi connectivity index (χ1) is 9.90. The van der Waals surface area contributed by atoms with E-state index in [0.29, 0.717) is 0 Å². The third-order valence-electron chi connectivity index (χ3n) is 4.13. The third-order valence-corrected chi connectivity index (χ3v) is 4.13. The third kappa shape index (κ3) is 4.85. The van der Waals surface area contributed by atoms with Gasteiger partial charge in [0.15, 0.2) is 0 Å². The van der Waals surface area contributed by atoms with E-state index in [-0.39, 0.29) is 0 Å². The lowest BCUT2D eigenvalue weighted by molar-refractivity contribution is 0.443. The Morgan fingerprint density at radius 3 is 1.80 bits per heavy atom. The Morgan fingerprint density at radius 1 is 0.750 bits per heavy atom. The van der Waals surface area contributed by atoms with Crippen molar-refractivity contribution >= 4 is 0 Å². The molecule has 0 saturated heterocycles. The lowest BCUT2D eigenvalue weighted by atomic mass is 9.84. The van der Waals surface area contributed by atoms with Gasteiger partial charge in [0.1, 0.15) is 0 Å². The van der Waals surface area contributed by atoms with Gasteiger partial charge >= 0.3 is 0 Å². The molecule has 1 saturated carbocycles. The molecule has 0 amide bonds. The number of hydrogen-bond acceptors (Lipinski definition) is 0. The second-order valence-corrected chi connectivity index (χ2v) is 5.58. The Labute approximate surface area is 123 Å². The second kappa shape index (κ2) is 8.58. The molecular weight excluding hydrogens is 240 g/mol. The van der Waals surface area contributed by atoms with Crippen LogP contribution in [0, 0.1) is 0 Å². The van der Waals surface area contributed by atoms with Gasteiger partial charge in [0.25, 0.3) is 0 Å². The molecule has 3 rings (SSSR count). The molecule has 0 unspecified atom stereocenters. The number of rotatable bonds is 2. The summed E-state index contributed by atoms with van der Waals surface area (Å²) >= 11 is 0.